The molecule has 2 heterocycles. The van der Waals surface area contributed by atoms with Gasteiger partial charge in [0.2, 0.25) is 5.91 Å². The molecule has 2 rings (SSSR count). The molecule has 1 aliphatic rings. The van der Waals surface area contributed by atoms with E-state index >= 15 is 0 Å². The average Bonchev–Trinajstić information content (AvgIpc) is 3.13. The number of carbonyl (C=O) groups excluding carboxylic acids is 1. The molecule has 20 heavy (non-hydrogen) atoms. The lowest BCUT2D eigenvalue weighted by molar-refractivity contribution is -0.130. The summed E-state index contributed by atoms with van der Waals surface area (Å²) in [5, 5.41) is 7.84. The highest BCUT2D eigenvalue weighted by Gasteiger charge is 2.16. The number of amides is 1. The predicted octanol–water partition coefficient (Wildman–Crippen LogP) is 1.96. The summed E-state index contributed by atoms with van der Waals surface area (Å²) in [5.41, 5.74) is 1.04. The fourth-order valence-corrected chi connectivity index (χ4v) is 2.44. The zero-order valence-corrected chi connectivity index (χ0v) is 12.6. The predicted molar refractivity (Wildman–Crippen MR) is 79.4 cm³/mol. The summed E-state index contributed by atoms with van der Waals surface area (Å²) < 4.78 is 2.01. The first kappa shape index (κ1) is 15.0. The van der Waals surface area contributed by atoms with Crippen LogP contribution >= 0.6 is 0 Å². The average molecular weight is 278 g/mol. The van der Waals surface area contributed by atoms with Crippen molar-refractivity contribution in [2.45, 2.75) is 52.1 Å². The van der Waals surface area contributed by atoms with Gasteiger partial charge in [-0.15, -0.1) is 0 Å². The monoisotopic (exact) mass is 278 g/mol. The molecule has 0 aliphatic carbocycles. The van der Waals surface area contributed by atoms with Crippen LogP contribution in [0.25, 0.3) is 0 Å². The molecule has 5 heteroatoms. The van der Waals surface area contributed by atoms with Crippen molar-refractivity contribution in [1.82, 2.24) is 20.0 Å². The third-order valence-corrected chi connectivity index (χ3v) is 3.99. The largest absolute Gasteiger partial charge is 0.343 e. The maximum atomic E-state index is 11.9. The molecule has 5 nitrogen and oxygen atoms in total. The minimum Gasteiger partial charge on any atom is -0.343 e. The summed E-state index contributed by atoms with van der Waals surface area (Å²) in [5.74, 6) is 0.278. The number of aromatic nitrogens is 2. The molecule has 1 aromatic rings. The van der Waals surface area contributed by atoms with Gasteiger partial charge in [0.25, 0.3) is 0 Å². The lowest BCUT2D eigenvalue weighted by Crippen LogP contribution is -2.30. The van der Waals surface area contributed by atoms with Crippen molar-refractivity contribution in [3.8, 4) is 0 Å². The molecule has 0 saturated carbocycles. The molecule has 1 aliphatic heterocycles. The highest BCUT2D eigenvalue weighted by molar-refractivity contribution is 5.76. The van der Waals surface area contributed by atoms with Gasteiger partial charge in [-0.05, 0) is 32.3 Å². The molecule has 1 N–H and O–H groups in total. The van der Waals surface area contributed by atoms with Gasteiger partial charge in [0, 0.05) is 44.8 Å². The normalized spacial score (nSPS) is 16.6. The van der Waals surface area contributed by atoms with Crippen molar-refractivity contribution in [1.29, 1.82) is 0 Å². The molecular formula is C15H26N4O. The van der Waals surface area contributed by atoms with E-state index in [0.29, 0.717) is 12.5 Å². The molecule has 1 amide bonds. The Bertz CT molecular complexity index is 423. The molecule has 1 fully saturated rings. The minimum absolute atomic E-state index is 0.278. The van der Waals surface area contributed by atoms with Crippen LogP contribution in [0.3, 0.4) is 0 Å². The van der Waals surface area contributed by atoms with Gasteiger partial charge in [0.1, 0.15) is 0 Å². The second-order valence-corrected chi connectivity index (χ2v) is 5.56. The number of carbonyl (C=O) groups is 1. The van der Waals surface area contributed by atoms with E-state index in [1.807, 2.05) is 21.8 Å². The summed E-state index contributed by atoms with van der Waals surface area (Å²) in [4.78, 5) is 13.8. The van der Waals surface area contributed by atoms with Gasteiger partial charge in [-0.25, -0.2) is 0 Å². The van der Waals surface area contributed by atoms with Gasteiger partial charge in [-0.3, -0.25) is 9.48 Å². The van der Waals surface area contributed by atoms with Crippen LogP contribution in [-0.4, -0.2) is 40.2 Å². The lowest BCUT2D eigenvalue weighted by atomic mass is 10.3. The molecule has 0 aromatic carbocycles. The summed E-state index contributed by atoms with van der Waals surface area (Å²) in [7, 11) is 0. The van der Waals surface area contributed by atoms with Crippen molar-refractivity contribution < 1.29 is 4.79 Å². The van der Waals surface area contributed by atoms with E-state index in [0.717, 1.165) is 51.1 Å². The van der Waals surface area contributed by atoms with Crippen molar-refractivity contribution in [3.63, 3.8) is 0 Å². The first-order valence-corrected chi connectivity index (χ1v) is 7.73. The molecule has 0 spiro atoms. The van der Waals surface area contributed by atoms with Crippen LogP contribution in [0.4, 0.5) is 0 Å². The Balaban J connectivity index is 1.65. The van der Waals surface area contributed by atoms with E-state index in [-0.39, 0.29) is 5.91 Å². The second-order valence-electron chi connectivity index (χ2n) is 5.56. The highest BCUT2D eigenvalue weighted by Crippen LogP contribution is 2.10. The first-order chi connectivity index (χ1) is 9.70. The number of nitrogens with zero attached hydrogens (tertiary/aromatic N) is 3. The zero-order chi connectivity index (χ0) is 14.4. The first-order valence-electron chi connectivity index (χ1n) is 7.73. The molecule has 1 atom stereocenters. The van der Waals surface area contributed by atoms with E-state index in [2.05, 4.69) is 24.3 Å². The fraction of sp³-hybridized carbons (Fsp3) is 0.733. The molecule has 0 radical (unpaired) electrons. The quantitative estimate of drug-likeness (QED) is 0.776. The summed E-state index contributed by atoms with van der Waals surface area (Å²) in [6.07, 6.45) is 6.02. The number of likely N-dealkylation sites (tertiary alicyclic amines) is 1. The Morgan fingerprint density at radius 1 is 1.45 bits per heavy atom. The van der Waals surface area contributed by atoms with Crippen molar-refractivity contribution in [2.24, 2.45) is 0 Å². The van der Waals surface area contributed by atoms with Crippen molar-refractivity contribution >= 4 is 5.91 Å². The number of rotatable bonds is 7. The topological polar surface area (TPSA) is 50.2 Å². The maximum Gasteiger partial charge on any atom is 0.223 e. The van der Waals surface area contributed by atoms with E-state index in [1.54, 1.807) is 0 Å². The van der Waals surface area contributed by atoms with Gasteiger partial charge in [0.15, 0.2) is 0 Å². The molecule has 112 valence electrons. The van der Waals surface area contributed by atoms with Crippen LogP contribution < -0.4 is 5.32 Å². The van der Waals surface area contributed by atoms with Crippen LogP contribution in [-0.2, 0) is 11.3 Å². The van der Waals surface area contributed by atoms with E-state index in [4.69, 9.17) is 0 Å². The fourth-order valence-electron chi connectivity index (χ4n) is 2.44. The zero-order valence-electron chi connectivity index (χ0n) is 12.6. The lowest BCUT2D eigenvalue weighted by Gasteiger charge is -2.14. The number of hydrogen-bond donors (Lipinski definition) is 1. The van der Waals surface area contributed by atoms with E-state index in [1.165, 1.54) is 0 Å². The van der Waals surface area contributed by atoms with Gasteiger partial charge in [-0.2, -0.15) is 5.10 Å². The van der Waals surface area contributed by atoms with Crippen LogP contribution in [0.2, 0.25) is 0 Å². The van der Waals surface area contributed by atoms with Gasteiger partial charge < -0.3 is 10.2 Å². The Kier molecular flexibility index (Phi) is 5.59. The van der Waals surface area contributed by atoms with Crippen LogP contribution in [0, 0.1) is 0 Å². The van der Waals surface area contributed by atoms with Crippen LogP contribution in [0.1, 0.15) is 51.3 Å². The molecule has 1 aromatic heterocycles. The van der Waals surface area contributed by atoms with Gasteiger partial charge in [-0.1, -0.05) is 6.92 Å². The maximum absolute atomic E-state index is 11.9. The molecule has 1 unspecified atom stereocenters. The van der Waals surface area contributed by atoms with E-state index < -0.39 is 0 Å². The molecule has 0 bridgehead atoms. The SMILES string of the molecule is CCC(C)n1ccc(CNCCC(=O)N2CCCC2)n1. The van der Waals surface area contributed by atoms with Crippen molar-refractivity contribution in [2.75, 3.05) is 19.6 Å². The minimum atomic E-state index is 0.278. The Labute approximate surface area is 121 Å². The number of nitrogens with one attached hydrogen (secondary N) is 1. The Hall–Kier alpha value is -1.36. The van der Waals surface area contributed by atoms with Crippen LogP contribution in [0.15, 0.2) is 12.3 Å². The summed E-state index contributed by atoms with van der Waals surface area (Å²) in [6, 6.07) is 2.49. The molecule has 1 saturated heterocycles. The van der Waals surface area contributed by atoms with Crippen molar-refractivity contribution in [3.05, 3.63) is 18.0 Å². The van der Waals surface area contributed by atoms with Gasteiger partial charge in [0.05, 0.1) is 5.69 Å². The second kappa shape index (κ2) is 7.43. The van der Waals surface area contributed by atoms with Crippen LogP contribution in [0.5, 0.6) is 0 Å². The Morgan fingerprint density at radius 2 is 2.20 bits per heavy atom. The number of hydrogen-bond acceptors (Lipinski definition) is 3. The highest BCUT2D eigenvalue weighted by atomic mass is 16.2. The summed E-state index contributed by atoms with van der Waals surface area (Å²) >= 11 is 0. The summed E-state index contributed by atoms with van der Waals surface area (Å²) in [6.45, 7) is 7.67. The molecular weight excluding hydrogens is 252 g/mol. The van der Waals surface area contributed by atoms with Gasteiger partial charge >= 0.3 is 0 Å². The smallest absolute Gasteiger partial charge is 0.223 e. The third kappa shape index (κ3) is 4.07. The Morgan fingerprint density at radius 3 is 2.90 bits per heavy atom. The van der Waals surface area contributed by atoms with E-state index in [9.17, 15) is 4.79 Å². The standard InChI is InChI=1S/C15H26N4O/c1-3-13(2)19-11-7-14(17-19)12-16-8-6-15(20)18-9-4-5-10-18/h7,11,13,16H,3-6,8-10,12H2,1-2H3. The third-order valence-electron chi connectivity index (χ3n) is 3.99.